The third kappa shape index (κ3) is 3.87. The summed E-state index contributed by atoms with van der Waals surface area (Å²) in [5.74, 6) is -0.386. The molecule has 0 saturated heterocycles. The second-order valence-electron chi connectivity index (χ2n) is 4.43. The molecule has 0 aliphatic heterocycles. The number of esters is 1. The minimum atomic E-state index is -0.502. The van der Waals surface area contributed by atoms with Gasteiger partial charge in [-0.25, -0.2) is 4.79 Å². The van der Waals surface area contributed by atoms with Crippen molar-refractivity contribution >= 4 is 34.3 Å². The van der Waals surface area contributed by atoms with Crippen LogP contribution in [-0.4, -0.2) is 18.5 Å². The van der Waals surface area contributed by atoms with Gasteiger partial charge in [-0.05, 0) is 37.6 Å². The van der Waals surface area contributed by atoms with Crippen molar-refractivity contribution in [2.24, 2.45) is 0 Å². The number of anilines is 1. The van der Waals surface area contributed by atoms with Gasteiger partial charge in [-0.2, -0.15) is 5.26 Å². The zero-order valence-electron chi connectivity index (χ0n) is 12.6. The number of nitrogens with one attached hydrogen (secondary N) is 1. The molecule has 2 rings (SSSR count). The van der Waals surface area contributed by atoms with Crippen LogP contribution < -0.4 is 5.32 Å². The Balaban J connectivity index is 2.19. The number of nitrogens with zero attached hydrogens (tertiary/aromatic N) is 1. The van der Waals surface area contributed by atoms with E-state index in [4.69, 9.17) is 9.15 Å². The zero-order chi connectivity index (χ0) is 16.8. The first-order valence-electron chi connectivity index (χ1n) is 6.80. The largest absolute Gasteiger partial charge is 0.465 e. The van der Waals surface area contributed by atoms with Gasteiger partial charge in [0, 0.05) is 6.08 Å². The van der Waals surface area contributed by atoms with Crippen LogP contribution in [-0.2, 0) is 9.53 Å². The van der Waals surface area contributed by atoms with E-state index in [1.165, 1.54) is 18.4 Å². The third-order valence-electron chi connectivity index (χ3n) is 2.90. The minimum absolute atomic E-state index is 0.242. The highest BCUT2D eigenvalue weighted by atomic mass is 32.1. The smallest absolute Gasteiger partial charge is 0.348 e. The summed E-state index contributed by atoms with van der Waals surface area (Å²) in [7, 11) is 0. The lowest BCUT2D eigenvalue weighted by molar-refractivity contribution is -0.111. The molecule has 23 heavy (non-hydrogen) atoms. The molecule has 2 aromatic rings. The molecule has 0 unspecified atom stereocenters. The standard InChI is InChI=1S/C16H14N2O4S/c1-3-21-16(20)14-10(2)12(9-17)15(23-14)18-13(19)7-6-11-5-4-8-22-11/h4-8H,3H2,1-2H3,(H,18,19). The maximum atomic E-state index is 11.9. The Hall–Kier alpha value is -2.85. The molecular formula is C16H14N2O4S. The lowest BCUT2D eigenvalue weighted by Crippen LogP contribution is -2.07. The molecule has 0 bridgehead atoms. The van der Waals surface area contributed by atoms with E-state index in [0.29, 0.717) is 21.2 Å². The van der Waals surface area contributed by atoms with Gasteiger partial charge in [0.2, 0.25) is 5.91 Å². The van der Waals surface area contributed by atoms with Crippen LogP contribution in [0.4, 0.5) is 5.00 Å². The number of carbonyl (C=O) groups excluding carboxylic acids is 2. The first-order valence-corrected chi connectivity index (χ1v) is 7.61. The molecule has 0 spiro atoms. The second-order valence-corrected chi connectivity index (χ2v) is 5.45. The molecule has 0 radical (unpaired) electrons. The van der Waals surface area contributed by atoms with Crippen molar-refractivity contribution in [2.75, 3.05) is 11.9 Å². The summed E-state index contributed by atoms with van der Waals surface area (Å²) in [6.45, 7) is 3.59. The predicted octanol–water partition coefficient (Wildman–Crippen LogP) is 3.35. The molecule has 1 N–H and O–H groups in total. The molecule has 0 aromatic carbocycles. The monoisotopic (exact) mass is 330 g/mol. The fourth-order valence-electron chi connectivity index (χ4n) is 1.82. The molecule has 6 nitrogen and oxygen atoms in total. The number of ether oxygens (including phenoxy) is 1. The second kappa shape index (κ2) is 7.42. The lowest BCUT2D eigenvalue weighted by atomic mass is 10.2. The number of rotatable bonds is 5. The summed E-state index contributed by atoms with van der Waals surface area (Å²) >= 11 is 1.02. The molecule has 2 heterocycles. The van der Waals surface area contributed by atoms with E-state index in [9.17, 15) is 14.9 Å². The van der Waals surface area contributed by atoms with Crippen molar-refractivity contribution < 1.29 is 18.7 Å². The van der Waals surface area contributed by atoms with E-state index in [0.717, 1.165) is 11.3 Å². The van der Waals surface area contributed by atoms with Crippen LogP contribution in [0.15, 0.2) is 28.9 Å². The zero-order valence-corrected chi connectivity index (χ0v) is 13.4. The van der Waals surface area contributed by atoms with E-state index in [2.05, 4.69) is 5.32 Å². The van der Waals surface area contributed by atoms with Crippen molar-refractivity contribution in [3.05, 3.63) is 46.2 Å². The van der Waals surface area contributed by atoms with Gasteiger partial charge < -0.3 is 14.5 Å². The quantitative estimate of drug-likeness (QED) is 0.670. The highest BCUT2D eigenvalue weighted by molar-refractivity contribution is 7.18. The summed E-state index contributed by atoms with van der Waals surface area (Å²) in [5.41, 5.74) is 0.763. The van der Waals surface area contributed by atoms with E-state index in [-0.39, 0.29) is 12.2 Å². The first-order chi connectivity index (χ1) is 11.1. The third-order valence-corrected chi connectivity index (χ3v) is 4.09. The topological polar surface area (TPSA) is 92.3 Å². The van der Waals surface area contributed by atoms with E-state index < -0.39 is 11.9 Å². The number of nitriles is 1. The van der Waals surface area contributed by atoms with Crippen molar-refractivity contribution in [3.8, 4) is 6.07 Å². The molecule has 0 fully saturated rings. The molecule has 2 aromatic heterocycles. The van der Waals surface area contributed by atoms with E-state index in [1.54, 1.807) is 26.0 Å². The number of carbonyl (C=O) groups is 2. The molecule has 0 saturated carbocycles. The molecule has 7 heteroatoms. The van der Waals surface area contributed by atoms with Crippen molar-refractivity contribution in [2.45, 2.75) is 13.8 Å². The normalized spacial score (nSPS) is 10.5. The minimum Gasteiger partial charge on any atom is -0.465 e. The molecule has 1 amide bonds. The number of hydrogen-bond donors (Lipinski definition) is 1. The predicted molar refractivity (Wildman–Crippen MR) is 86.1 cm³/mol. The fourth-order valence-corrected chi connectivity index (χ4v) is 2.88. The van der Waals surface area contributed by atoms with Gasteiger partial charge in [-0.1, -0.05) is 0 Å². The Morgan fingerprint density at radius 1 is 1.52 bits per heavy atom. The van der Waals surface area contributed by atoms with Gasteiger partial charge in [0.15, 0.2) is 0 Å². The lowest BCUT2D eigenvalue weighted by Gasteiger charge is -1.98. The van der Waals surface area contributed by atoms with Crippen LogP contribution in [0.25, 0.3) is 6.08 Å². The summed E-state index contributed by atoms with van der Waals surface area (Å²) < 4.78 is 10.0. The Bertz CT molecular complexity index is 782. The highest BCUT2D eigenvalue weighted by Gasteiger charge is 2.21. The number of amides is 1. The fraction of sp³-hybridized carbons (Fsp3) is 0.188. The van der Waals surface area contributed by atoms with Crippen molar-refractivity contribution in [3.63, 3.8) is 0 Å². The van der Waals surface area contributed by atoms with Gasteiger partial charge in [0.1, 0.15) is 21.7 Å². The number of hydrogen-bond acceptors (Lipinski definition) is 6. The maximum absolute atomic E-state index is 11.9. The summed E-state index contributed by atoms with van der Waals surface area (Å²) in [6, 6.07) is 5.42. The molecule has 0 atom stereocenters. The Morgan fingerprint density at radius 3 is 2.91 bits per heavy atom. The van der Waals surface area contributed by atoms with E-state index >= 15 is 0 Å². The van der Waals surface area contributed by atoms with E-state index in [1.807, 2.05) is 6.07 Å². The average Bonchev–Trinajstić information content (AvgIpc) is 3.13. The van der Waals surface area contributed by atoms with Crippen molar-refractivity contribution in [1.82, 2.24) is 0 Å². The summed E-state index contributed by atoms with van der Waals surface area (Å²) in [5, 5.41) is 12.2. The highest BCUT2D eigenvalue weighted by Crippen LogP contribution is 2.33. The Kier molecular flexibility index (Phi) is 5.33. The SMILES string of the molecule is CCOC(=O)c1sc(NC(=O)C=Cc2ccco2)c(C#N)c1C. The van der Waals surface area contributed by atoms with Crippen LogP contribution in [0.3, 0.4) is 0 Å². The number of furan rings is 1. The Labute approximate surface area is 137 Å². The van der Waals surface area contributed by atoms with Gasteiger partial charge in [0.25, 0.3) is 0 Å². The van der Waals surface area contributed by atoms with Crippen LogP contribution in [0, 0.1) is 18.3 Å². The first kappa shape index (κ1) is 16.5. The molecule has 118 valence electrons. The van der Waals surface area contributed by atoms with Gasteiger partial charge >= 0.3 is 5.97 Å². The Morgan fingerprint density at radius 2 is 2.30 bits per heavy atom. The van der Waals surface area contributed by atoms with Crippen molar-refractivity contribution in [1.29, 1.82) is 5.26 Å². The molecule has 0 aliphatic rings. The van der Waals surface area contributed by atoms with Crippen LogP contribution in [0.5, 0.6) is 0 Å². The summed E-state index contributed by atoms with van der Waals surface area (Å²) in [4.78, 5) is 24.1. The molecule has 0 aliphatic carbocycles. The van der Waals surface area contributed by atoms with Gasteiger partial charge in [-0.15, -0.1) is 11.3 Å². The summed E-state index contributed by atoms with van der Waals surface area (Å²) in [6.07, 6.45) is 4.30. The van der Waals surface area contributed by atoms with Crippen LogP contribution in [0.2, 0.25) is 0 Å². The van der Waals surface area contributed by atoms with Gasteiger partial charge in [-0.3, -0.25) is 4.79 Å². The average molecular weight is 330 g/mol. The number of thiophene rings is 1. The van der Waals surface area contributed by atoms with Crippen LogP contribution >= 0.6 is 11.3 Å². The maximum Gasteiger partial charge on any atom is 0.348 e. The van der Waals surface area contributed by atoms with Gasteiger partial charge in [0.05, 0.1) is 18.4 Å². The molecular weight excluding hydrogens is 316 g/mol. The van der Waals surface area contributed by atoms with Crippen LogP contribution in [0.1, 0.15) is 33.5 Å².